The van der Waals surface area contributed by atoms with E-state index in [1.807, 2.05) is 13.8 Å². The Morgan fingerprint density at radius 1 is 1.17 bits per heavy atom. The van der Waals surface area contributed by atoms with Gasteiger partial charge >= 0.3 is 11.9 Å². The highest BCUT2D eigenvalue weighted by Crippen LogP contribution is 2.25. The minimum absolute atomic E-state index is 0.117. The molecule has 0 amide bonds. The van der Waals surface area contributed by atoms with Crippen molar-refractivity contribution < 1.29 is 38.7 Å². The zero-order valence-corrected chi connectivity index (χ0v) is 13.9. The van der Waals surface area contributed by atoms with Crippen LogP contribution in [0.1, 0.15) is 33.6 Å². The van der Waals surface area contributed by atoms with Gasteiger partial charge in [0.25, 0.3) is 0 Å². The molecule has 0 spiro atoms. The maximum Gasteiger partial charge on any atom is 0.306 e. The fraction of sp³-hybridized carbons (Fsp3) is 0.867. The van der Waals surface area contributed by atoms with Gasteiger partial charge in [-0.25, -0.2) is 0 Å². The molecule has 1 fully saturated rings. The van der Waals surface area contributed by atoms with Gasteiger partial charge in [-0.05, 0) is 5.92 Å². The standard InChI is InChI=1S/C15H26O8/c1-5-10(16)23-14-13(19)12(18)9(22-15(14)20-4)7-21-11(17)6-8(2)3/h8-9,12-15,18-19H,5-7H2,1-4H3. The smallest absolute Gasteiger partial charge is 0.306 e. The van der Waals surface area contributed by atoms with Crippen LogP contribution in [0.5, 0.6) is 0 Å². The minimum atomic E-state index is -1.40. The van der Waals surface area contributed by atoms with Crippen LogP contribution in [-0.4, -0.2) is 66.6 Å². The summed E-state index contributed by atoms with van der Waals surface area (Å²) < 4.78 is 20.6. The lowest BCUT2D eigenvalue weighted by molar-refractivity contribution is -0.298. The number of esters is 2. The maximum atomic E-state index is 11.6. The average Bonchev–Trinajstić information content (AvgIpc) is 2.50. The van der Waals surface area contributed by atoms with Gasteiger partial charge in [-0.1, -0.05) is 20.8 Å². The quantitative estimate of drug-likeness (QED) is 0.625. The van der Waals surface area contributed by atoms with Crippen LogP contribution in [0.2, 0.25) is 0 Å². The summed E-state index contributed by atoms with van der Waals surface area (Å²) in [6.07, 6.45) is -5.59. The highest BCUT2D eigenvalue weighted by atomic mass is 16.7. The van der Waals surface area contributed by atoms with Crippen molar-refractivity contribution in [3.63, 3.8) is 0 Å². The van der Waals surface area contributed by atoms with Crippen molar-refractivity contribution in [1.29, 1.82) is 0 Å². The summed E-state index contributed by atoms with van der Waals surface area (Å²) in [5.41, 5.74) is 0. The van der Waals surface area contributed by atoms with E-state index in [4.69, 9.17) is 18.9 Å². The molecule has 2 N–H and O–H groups in total. The van der Waals surface area contributed by atoms with Crippen molar-refractivity contribution in [3.05, 3.63) is 0 Å². The van der Waals surface area contributed by atoms with E-state index in [1.54, 1.807) is 6.92 Å². The third-order valence-electron chi connectivity index (χ3n) is 3.42. The van der Waals surface area contributed by atoms with E-state index < -0.39 is 42.6 Å². The Hall–Kier alpha value is -1.22. The molecule has 23 heavy (non-hydrogen) atoms. The van der Waals surface area contributed by atoms with Crippen molar-refractivity contribution in [2.45, 2.75) is 64.3 Å². The molecule has 8 heteroatoms. The van der Waals surface area contributed by atoms with E-state index in [0.717, 1.165) is 0 Å². The van der Waals surface area contributed by atoms with E-state index in [-0.39, 0.29) is 25.4 Å². The first kappa shape index (κ1) is 19.8. The van der Waals surface area contributed by atoms with Gasteiger partial charge in [-0.2, -0.15) is 0 Å². The molecular formula is C15H26O8. The van der Waals surface area contributed by atoms with Gasteiger partial charge in [0.1, 0.15) is 24.9 Å². The van der Waals surface area contributed by atoms with Crippen molar-refractivity contribution >= 4 is 11.9 Å². The van der Waals surface area contributed by atoms with E-state index in [2.05, 4.69) is 0 Å². The molecule has 1 aliphatic rings. The number of methoxy groups -OCH3 is 1. The molecule has 1 aliphatic heterocycles. The highest BCUT2D eigenvalue weighted by molar-refractivity contribution is 5.69. The zero-order valence-electron chi connectivity index (χ0n) is 13.9. The lowest BCUT2D eigenvalue weighted by atomic mass is 9.99. The number of hydrogen-bond donors (Lipinski definition) is 2. The summed E-state index contributed by atoms with van der Waals surface area (Å²) in [5, 5.41) is 20.2. The van der Waals surface area contributed by atoms with E-state index in [0.29, 0.717) is 0 Å². The number of hydrogen-bond acceptors (Lipinski definition) is 8. The summed E-state index contributed by atoms with van der Waals surface area (Å²) in [6, 6.07) is 0. The largest absolute Gasteiger partial charge is 0.463 e. The normalized spacial score (nSPS) is 31.0. The molecule has 0 saturated carbocycles. The summed E-state index contributed by atoms with van der Waals surface area (Å²) in [4.78, 5) is 23.0. The van der Waals surface area contributed by atoms with Crippen LogP contribution in [0, 0.1) is 5.92 Å². The molecule has 1 saturated heterocycles. The molecule has 0 aromatic heterocycles. The van der Waals surface area contributed by atoms with Crippen molar-refractivity contribution in [2.24, 2.45) is 5.92 Å². The van der Waals surface area contributed by atoms with E-state index in [1.165, 1.54) is 7.11 Å². The average molecular weight is 334 g/mol. The Morgan fingerprint density at radius 2 is 1.83 bits per heavy atom. The molecule has 0 bridgehead atoms. The predicted molar refractivity (Wildman–Crippen MR) is 78.3 cm³/mol. The second-order valence-corrected chi connectivity index (χ2v) is 5.85. The third-order valence-corrected chi connectivity index (χ3v) is 3.42. The summed E-state index contributed by atoms with van der Waals surface area (Å²) in [7, 11) is 1.32. The van der Waals surface area contributed by atoms with Crippen molar-refractivity contribution in [2.75, 3.05) is 13.7 Å². The van der Waals surface area contributed by atoms with Crippen molar-refractivity contribution in [1.82, 2.24) is 0 Å². The van der Waals surface area contributed by atoms with Crippen LogP contribution in [0.3, 0.4) is 0 Å². The Morgan fingerprint density at radius 3 is 2.35 bits per heavy atom. The highest BCUT2D eigenvalue weighted by Gasteiger charge is 2.47. The fourth-order valence-electron chi connectivity index (χ4n) is 2.16. The Bertz CT molecular complexity index is 395. The molecule has 5 atom stereocenters. The van der Waals surface area contributed by atoms with Crippen LogP contribution in [-0.2, 0) is 28.5 Å². The number of rotatable bonds is 7. The van der Waals surface area contributed by atoms with Crippen LogP contribution in [0.15, 0.2) is 0 Å². The maximum absolute atomic E-state index is 11.6. The lowest BCUT2D eigenvalue weighted by Crippen LogP contribution is -2.60. The topological polar surface area (TPSA) is 112 Å². The third kappa shape index (κ3) is 5.72. The molecule has 0 aromatic rings. The summed E-state index contributed by atoms with van der Waals surface area (Å²) >= 11 is 0. The lowest BCUT2D eigenvalue weighted by Gasteiger charge is -2.41. The molecule has 0 radical (unpaired) electrons. The molecule has 5 unspecified atom stereocenters. The number of ether oxygens (including phenoxy) is 4. The van der Waals surface area contributed by atoms with Crippen LogP contribution in [0.25, 0.3) is 0 Å². The van der Waals surface area contributed by atoms with Gasteiger partial charge in [0.05, 0.1) is 0 Å². The molecule has 134 valence electrons. The summed E-state index contributed by atoms with van der Waals surface area (Å²) in [6.45, 7) is 5.14. The fourth-order valence-corrected chi connectivity index (χ4v) is 2.16. The Labute approximate surface area is 135 Å². The number of aliphatic hydroxyl groups is 2. The van der Waals surface area contributed by atoms with Gasteiger partial charge in [0.15, 0.2) is 12.4 Å². The Kier molecular flexibility index (Phi) is 7.90. The van der Waals surface area contributed by atoms with Crippen molar-refractivity contribution in [3.8, 4) is 0 Å². The van der Waals surface area contributed by atoms with Gasteiger partial charge in [0, 0.05) is 20.0 Å². The second-order valence-electron chi connectivity index (χ2n) is 5.85. The van der Waals surface area contributed by atoms with Gasteiger partial charge in [-0.3, -0.25) is 9.59 Å². The molecule has 1 heterocycles. The van der Waals surface area contributed by atoms with Gasteiger partial charge in [0.2, 0.25) is 0 Å². The summed E-state index contributed by atoms with van der Waals surface area (Å²) in [5.74, 6) is -0.817. The van der Waals surface area contributed by atoms with Gasteiger partial charge < -0.3 is 29.2 Å². The number of aliphatic hydroxyl groups excluding tert-OH is 2. The van der Waals surface area contributed by atoms with Crippen LogP contribution >= 0.6 is 0 Å². The first-order valence-electron chi connectivity index (χ1n) is 7.69. The molecule has 1 rings (SSSR count). The SMILES string of the molecule is CCC(=O)OC1C(OC)OC(COC(=O)CC(C)C)C(O)C1O. The molecule has 0 aliphatic carbocycles. The van der Waals surface area contributed by atoms with E-state index >= 15 is 0 Å². The first-order chi connectivity index (χ1) is 10.8. The zero-order chi connectivity index (χ0) is 17.6. The second kappa shape index (κ2) is 9.17. The number of carbonyl (C=O) groups is 2. The first-order valence-corrected chi connectivity index (χ1v) is 7.69. The number of carbonyl (C=O) groups excluding carboxylic acids is 2. The minimum Gasteiger partial charge on any atom is -0.463 e. The van der Waals surface area contributed by atoms with Crippen LogP contribution in [0.4, 0.5) is 0 Å². The molecule has 0 aromatic carbocycles. The monoisotopic (exact) mass is 334 g/mol. The molecule has 8 nitrogen and oxygen atoms in total. The molecular weight excluding hydrogens is 308 g/mol. The van der Waals surface area contributed by atoms with Gasteiger partial charge in [-0.15, -0.1) is 0 Å². The predicted octanol–water partition coefficient (Wildman–Crippen LogP) is -0.00940. The van der Waals surface area contributed by atoms with Crippen LogP contribution < -0.4 is 0 Å². The Balaban J connectivity index is 2.65. The van der Waals surface area contributed by atoms with E-state index in [9.17, 15) is 19.8 Å².